The standard InChI is InChI=1S/C17H16N2OS/c20-17(13-11-18-14-6-2-1-5-12(13)14)19-9-10-21-16-8-4-3-7-15(16)19/h1-8,13,18H,9-11H2. The summed E-state index contributed by atoms with van der Waals surface area (Å²) in [7, 11) is 0. The Bertz CT molecular complexity index is 701. The first-order valence-corrected chi connectivity index (χ1v) is 8.19. The van der Waals surface area contributed by atoms with E-state index in [4.69, 9.17) is 0 Å². The fourth-order valence-electron chi connectivity index (χ4n) is 3.09. The number of para-hydroxylation sites is 2. The van der Waals surface area contributed by atoms with Gasteiger partial charge in [0, 0.05) is 29.4 Å². The molecule has 2 heterocycles. The summed E-state index contributed by atoms with van der Waals surface area (Å²) in [5, 5.41) is 3.34. The third-order valence-electron chi connectivity index (χ3n) is 4.13. The molecule has 0 saturated carbocycles. The van der Waals surface area contributed by atoms with E-state index in [1.807, 2.05) is 53.1 Å². The van der Waals surface area contributed by atoms with Crippen LogP contribution in [0.25, 0.3) is 0 Å². The lowest BCUT2D eigenvalue weighted by Crippen LogP contribution is -2.39. The maximum absolute atomic E-state index is 13.0. The van der Waals surface area contributed by atoms with Crippen LogP contribution in [0.1, 0.15) is 11.5 Å². The molecule has 1 atom stereocenters. The predicted octanol–water partition coefficient (Wildman–Crippen LogP) is 3.33. The van der Waals surface area contributed by atoms with E-state index in [0.29, 0.717) is 6.54 Å². The summed E-state index contributed by atoms with van der Waals surface area (Å²) in [4.78, 5) is 16.2. The van der Waals surface area contributed by atoms with Crippen molar-refractivity contribution in [1.29, 1.82) is 0 Å². The molecule has 21 heavy (non-hydrogen) atoms. The molecular formula is C17H16N2OS. The molecule has 0 aromatic heterocycles. The Kier molecular flexibility index (Phi) is 3.11. The lowest BCUT2D eigenvalue weighted by atomic mass is 9.99. The molecule has 2 aliphatic rings. The fourth-order valence-corrected chi connectivity index (χ4v) is 4.09. The summed E-state index contributed by atoms with van der Waals surface area (Å²) in [6.45, 7) is 1.49. The zero-order chi connectivity index (χ0) is 14.2. The van der Waals surface area contributed by atoms with Gasteiger partial charge in [0.2, 0.25) is 5.91 Å². The van der Waals surface area contributed by atoms with Crippen molar-refractivity contribution in [3.8, 4) is 0 Å². The van der Waals surface area contributed by atoms with Crippen molar-refractivity contribution in [1.82, 2.24) is 0 Å². The van der Waals surface area contributed by atoms with Crippen LogP contribution in [0.4, 0.5) is 11.4 Å². The number of benzene rings is 2. The molecule has 0 radical (unpaired) electrons. The van der Waals surface area contributed by atoms with E-state index in [2.05, 4.69) is 17.4 Å². The maximum atomic E-state index is 13.0. The number of hydrogen-bond donors (Lipinski definition) is 1. The lowest BCUT2D eigenvalue weighted by molar-refractivity contribution is -0.119. The van der Waals surface area contributed by atoms with Crippen LogP contribution in [0.5, 0.6) is 0 Å². The van der Waals surface area contributed by atoms with Crippen LogP contribution >= 0.6 is 11.8 Å². The van der Waals surface area contributed by atoms with Crippen LogP contribution in [0.3, 0.4) is 0 Å². The van der Waals surface area contributed by atoms with Gasteiger partial charge in [0.25, 0.3) is 0 Å². The summed E-state index contributed by atoms with van der Waals surface area (Å²) in [5.41, 5.74) is 3.27. The number of fused-ring (bicyclic) bond motifs is 2. The highest BCUT2D eigenvalue weighted by Gasteiger charge is 2.33. The molecule has 106 valence electrons. The SMILES string of the molecule is O=C(C1CNc2ccccc21)N1CCSc2ccccc21. The highest BCUT2D eigenvalue weighted by atomic mass is 32.2. The van der Waals surface area contributed by atoms with E-state index in [1.165, 1.54) is 4.90 Å². The van der Waals surface area contributed by atoms with Crippen LogP contribution in [-0.4, -0.2) is 24.7 Å². The average Bonchev–Trinajstić information content (AvgIpc) is 2.98. The molecule has 4 heteroatoms. The van der Waals surface area contributed by atoms with Crippen LogP contribution in [-0.2, 0) is 4.79 Å². The Morgan fingerprint density at radius 1 is 1.14 bits per heavy atom. The maximum Gasteiger partial charge on any atom is 0.236 e. The van der Waals surface area contributed by atoms with E-state index in [1.54, 1.807) is 0 Å². The number of hydrogen-bond acceptors (Lipinski definition) is 3. The molecule has 2 aromatic rings. The monoisotopic (exact) mass is 296 g/mol. The number of rotatable bonds is 1. The second-order valence-electron chi connectivity index (χ2n) is 5.33. The number of carbonyl (C=O) groups excluding carboxylic acids is 1. The number of nitrogens with one attached hydrogen (secondary N) is 1. The number of carbonyl (C=O) groups is 1. The molecule has 0 spiro atoms. The van der Waals surface area contributed by atoms with Crippen LogP contribution < -0.4 is 10.2 Å². The van der Waals surface area contributed by atoms with Crippen molar-refractivity contribution < 1.29 is 4.79 Å². The molecule has 0 saturated heterocycles. The minimum absolute atomic E-state index is 0.0719. The van der Waals surface area contributed by atoms with E-state index in [-0.39, 0.29) is 11.8 Å². The van der Waals surface area contributed by atoms with Crippen molar-refractivity contribution in [3.63, 3.8) is 0 Å². The highest BCUT2D eigenvalue weighted by Crippen LogP contribution is 2.38. The normalized spacial score (nSPS) is 19.6. The molecule has 1 unspecified atom stereocenters. The Labute approximate surface area is 128 Å². The Morgan fingerprint density at radius 2 is 1.95 bits per heavy atom. The van der Waals surface area contributed by atoms with Crippen molar-refractivity contribution in [2.24, 2.45) is 0 Å². The van der Waals surface area contributed by atoms with Crippen molar-refractivity contribution in [3.05, 3.63) is 54.1 Å². The smallest absolute Gasteiger partial charge is 0.236 e. The topological polar surface area (TPSA) is 32.3 Å². The third-order valence-corrected chi connectivity index (χ3v) is 5.17. The molecule has 4 rings (SSSR count). The van der Waals surface area contributed by atoms with E-state index in [0.717, 1.165) is 29.2 Å². The first kappa shape index (κ1) is 12.8. The Balaban J connectivity index is 1.68. The molecule has 1 N–H and O–H groups in total. The average molecular weight is 296 g/mol. The van der Waals surface area contributed by atoms with Gasteiger partial charge >= 0.3 is 0 Å². The van der Waals surface area contributed by atoms with Gasteiger partial charge in [-0.25, -0.2) is 0 Å². The second-order valence-corrected chi connectivity index (χ2v) is 6.46. The van der Waals surface area contributed by atoms with E-state index < -0.39 is 0 Å². The van der Waals surface area contributed by atoms with Crippen molar-refractivity contribution in [2.45, 2.75) is 10.8 Å². The third kappa shape index (κ3) is 2.10. The molecule has 2 aliphatic heterocycles. The summed E-state index contributed by atoms with van der Waals surface area (Å²) in [5.74, 6) is 1.10. The van der Waals surface area contributed by atoms with Crippen molar-refractivity contribution in [2.75, 3.05) is 29.1 Å². The molecule has 2 aromatic carbocycles. The van der Waals surface area contributed by atoms with Gasteiger partial charge in [0.1, 0.15) is 0 Å². The molecular weight excluding hydrogens is 280 g/mol. The Morgan fingerprint density at radius 3 is 2.90 bits per heavy atom. The van der Waals surface area contributed by atoms with Crippen LogP contribution in [0.15, 0.2) is 53.4 Å². The van der Waals surface area contributed by atoms with Gasteiger partial charge in [-0.3, -0.25) is 4.79 Å². The molecule has 1 amide bonds. The summed E-state index contributed by atoms with van der Waals surface area (Å²) in [6.07, 6.45) is 0. The first-order chi connectivity index (χ1) is 10.3. The minimum Gasteiger partial charge on any atom is -0.384 e. The van der Waals surface area contributed by atoms with Gasteiger partial charge in [0.15, 0.2) is 0 Å². The van der Waals surface area contributed by atoms with Gasteiger partial charge in [-0.2, -0.15) is 0 Å². The minimum atomic E-state index is -0.0719. The molecule has 0 bridgehead atoms. The van der Waals surface area contributed by atoms with E-state index >= 15 is 0 Å². The van der Waals surface area contributed by atoms with Gasteiger partial charge < -0.3 is 10.2 Å². The zero-order valence-electron chi connectivity index (χ0n) is 11.6. The van der Waals surface area contributed by atoms with Crippen molar-refractivity contribution >= 4 is 29.0 Å². The zero-order valence-corrected chi connectivity index (χ0v) is 12.4. The van der Waals surface area contributed by atoms with Gasteiger partial charge in [-0.15, -0.1) is 11.8 Å². The predicted molar refractivity (Wildman–Crippen MR) is 87.2 cm³/mol. The van der Waals surface area contributed by atoms with Gasteiger partial charge in [-0.05, 0) is 23.8 Å². The number of nitrogens with zero attached hydrogens (tertiary/aromatic N) is 1. The highest BCUT2D eigenvalue weighted by molar-refractivity contribution is 7.99. The van der Waals surface area contributed by atoms with Gasteiger partial charge in [0.05, 0.1) is 11.6 Å². The quantitative estimate of drug-likeness (QED) is 0.876. The van der Waals surface area contributed by atoms with Crippen LogP contribution in [0.2, 0.25) is 0 Å². The lowest BCUT2D eigenvalue weighted by Gasteiger charge is -2.31. The fraction of sp³-hybridized carbons (Fsp3) is 0.235. The molecule has 3 nitrogen and oxygen atoms in total. The first-order valence-electron chi connectivity index (χ1n) is 7.20. The number of anilines is 2. The largest absolute Gasteiger partial charge is 0.384 e. The summed E-state index contributed by atoms with van der Waals surface area (Å²) in [6, 6.07) is 16.3. The summed E-state index contributed by atoms with van der Waals surface area (Å²) < 4.78 is 0. The van der Waals surface area contributed by atoms with Crippen LogP contribution in [0, 0.1) is 0 Å². The molecule has 0 fully saturated rings. The summed E-state index contributed by atoms with van der Waals surface area (Å²) >= 11 is 1.83. The Hall–Kier alpha value is -1.94. The second kappa shape index (κ2) is 5.11. The number of amides is 1. The number of thioether (sulfide) groups is 1. The van der Waals surface area contributed by atoms with E-state index in [9.17, 15) is 4.79 Å². The van der Waals surface area contributed by atoms with Gasteiger partial charge in [-0.1, -0.05) is 30.3 Å². The molecule has 0 aliphatic carbocycles.